The number of Topliss-reactive ketones (excluding diaryl/α,β-unsaturated/α-hetero) is 1. The molecule has 2 atom stereocenters. The summed E-state index contributed by atoms with van der Waals surface area (Å²) in [7, 11) is 1.62. The molecule has 1 saturated heterocycles. The van der Waals surface area contributed by atoms with Crippen LogP contribution >= 0.6 is 0 Å². The molecule has 4 rings (SSSR count). The molecule has 3 aromatic carbocycles. The zero-order valence-electron chi connectivity index (χ0n) is 17.5. The Morgan fingerprint density at radius 1 is 1.03 bits per heavy atom. The molecular weight excluding hydrogens is 392 g/mol. The molecule has 1 unspecified atom stereocenters. The molecule has 5 nitrogen and oxygen atoms in total. The van der Waals surface area contributed by atoms with E-state index in [0.717, 1.165) is 27.6 Å². The van der Waals surface area contributed by atoms with Gasteiger partial charge in [0.2, 0.25) is 5.78 Å². The van der Waals surface area contributed by atoms with E-state index in [-0.39, 0.29) is 11.3 Å². The summed E-state index contributed by atoms with van der Waals surface area (Å²) in [6.07, 6.45) is 0.140. The van der Waals surface area contributed by atoms with Crippen molar-refractivity contribution in [2.45, 2.75) is 31.8 Å². The van der Waals surface area contributed by atoms with Gasteiger partial charge in [-0.25, -0.2) is 4.79 Å². The molecule has 0 amide bonds. The summed E-state index contributed by atoms with van der Waals surface area (Å²) in [6.45, 7) is 1.77. The van der Waals surface area contributed by atoms with Crippen LogP contribution in [0.1, 0.15) is 30.4 Å². The van der Waals surface area contributed by atoms with Gasteiger partial charge in [-0.05, 0) is 46.9 Å². The lowest BCUT2D eigenvalue weighted by molar-refractivity contribution is -0.141. The first-order chi connectivity index (χ1) is 15.0. The Hall–Kier alpha value is -3.60. The van der Waals surface area contributed by atoms with E-state index in [9.17, 15) is 14.7 Å². The number of hydrogen-bond acceptors (Lipinski definition) is 5. The number of aliphatic hydroxyl groups is 1. The topological polar surface area (TPSA) is 72.8 Å². The van der Waals surface area contributed by atoms with Crippen LogP contribution in [0.4, 0.5) is 0 Å². The van der Waals surface area contributed by atoms with Crippen LogP contribution in [0.5, 0.6) is 5.75 Å². The number of benzene rings is 3. The van der Waals surface area contributed by atoms with Crippen LogP contribution < -0.4 is 4.74 Å². The van der Waals surface area contributed by atoms with Gasteiger partial charge in [-0.15, -0.1) is 0 Å². The van der Waals surface area contributed by atoms with Crippen LogP contribution in [-0.4, -0.2) is 30.1 Å². The SMILES string of the molecule is COc1ccc2cc([C@H](C)C(O)=C3C(=O)OC(CCc4ccccc4)C3=O)ccc2c1. The maximum atomic E-state index is 12.8. The number of ether oxygens (including phenoxy) is 2. The van der Waals surface area contributed by atoms with E-state index in [0.29, 0.717) is 12.8 Å². The van der Waals surface area contributed by atoms with Crippen LogP contribution in [-0.2, 0) is 20.7 Å². The van der Waals surface area contributed by atoms with Gasteiger partial charge < -0.3 is 14.6 Å². The predicted molar refractivity (Wildman–Crippen MR) is 118 cm³/mol. The first-order valence-corrected chi connectivity index (χ1v) is 10.3. The molecule has 1 aliphatic rings. The van der Waals surface area contributed by atoms with Crippen molar-refractivity contribution >= 4 is 22.5 Å². The average molecular weight is 416 g/mol. The summed E-state index contributed by atoms with van der Waals surface area (Å²) in [5.41, 5.74) is 1.63. The lowest BCUT2D eigenvalue weighted by Gasteiger charge is -2.13. The summed E-state index contributed by atoms with van der Waals surface area (Å²) in [5.74, 6) is -1.20. The Bertz CT molecular complexity index is 1160. The van der Waals surface area contributed by atoms with Gasteiger partial charge in [0.1, 0.15) is 17.1 Å². The number of carbonyl (C=O) groups is 2. The van der Waals surface area contributed by atoms with Crippen LogP contribution in [0.15, 0.2) is 78.1 Å². The summed E-state index contributed by atoms with van der Waals surface area (Å²) in [5, 5.41) is 12.8. The Kier molecular flexibility index (Phi) is 5.76. The third-order valence-electron chi connectivity index (χ3n) is 5.77. The average Bonchev–Trinajstić information content (AvgIpc) is 3.09. The minimum atomic E-state index is -0.860. The number of rotatable bonds is 6. The summed E-state index contributed by atoms with van der Waals surface area (Å²) in [4.78, 5) is 25.2. The molecule has 0 aliphatic carbocycles. The molecule has 0 spiro atoms. The van der Waals surface area contributed by atoms with Crippen LogP contribution in [0.2, 0.25) is 0 Å². The highest BCUT2D eigenvalue weighted by atomic mass is 16.6. The number of hydrogen-bond donors (Lipinski definition) is 1. The first-order valence-electron chi connectivity index (χ1n) is 10.3. The fourth-order valence-electron chi connectivity index (χ4n) is 3.88. The zero-order valence-corrected chi connectivity index (χ0v) is 17.5. The zero-order chi connectivity index (χ0) is 22.0. The summed E-state index contributed by atoms with van der Waals surface area (Å²) < 4.78 is 10.5. The smallest absolute Gasteiger partial charge is 0.346 e. The Morgan fingerprint density at radius 2 is 1.74 bits per heavy atom. The molecule has 1 heterocycles. The van der Waals surface area contributed by atoms with E-state index in [1.54, 1.807) is 14.0 Å². The second kappa shape index (κ2) is 8.64. The number of aliphatic hydroxyl groups excluding tert-OH is 1. The van der Waals surface area contributed by atoms with Crippen molar-refractivity contribution in [3.8, 4) is 5.75 Å². The molecule has 158 valence electrons. The lowest BCUT2D eigenvalue weighted by Crippen LogP contribution is -2.18. The number of ketones is 1. The van der Waals surface area contributed by atoms with Gasteiger partial charge in [0.25, 0.3) is 0 Å². The van der Waals surface area contributed by atoms with E-state index in [2.05, 4.69) is 0 Å². The second-order valence-corrected chi connectivity index (χ2v) is 7.74. The molecule has 3 aromatic rings. The first kappa shape index (κ1) is 20.7. The molecule has 0 saturated carbocycles. The highest BCUT2D eigenvalue weighted by molar-refractivity contribution is 6.23. The van der Waals surface area contributed by atoms with Crippen LogP contribution in [0.3, 0.4) is 0 Å². The second-order valence-electron chi connectivity index (χ2n) is 7.74. The van der Waals surface area contributed by atoms with Gasteiger partial charge in [-0.1, -0.05) is 61.5 Å². The molecule has 31 heavy (non-hydrogen) atoms. The van der Waals surface area contributed by atoms with E-state index >= 15 is 0 Å². The highest BCUT2D eigenvalue weighted by Crippen LogP contribution is 2.32. The Morgan fingerprint density at radius 3 is 2.48 bits per heavy atom. The summed E-state index contributed by atoms with van der Waals surface area (Å²) in [6, 6.07) is 21.2. The maximum absolute atomic E-state index is 12.8. The van der Waals surface area contributed by atoms with Crippen LogP contribution in [0.25, 0.3) is 10.8 Å². The van der Waals surface area contributed by atoms with E-state index in [1.165, 1.54) is 0 Å². The van der Waals surface area contributed by atoms with E-state index in [1.807, 2.05) is 66.7 Å². The molecule has 0 aromatic heterocycles. The number of fused-ring (bicyclic) bond motifs is 1. The van der Waals surface area contributed by atoms with Crippen LogP contribution in [0, 0.1) is 0 Å². The molecule has 5 heteroatoms. The monoisotopic (exact) mass is 416 g/mol. The van der Waals surface area contributed by atoms with E-state index < -0.39 is 23.8 Å². The van der Waals surface area contributed by atoms with Crippen molar-refractivity contribution in [2.24, 2.45) is 0 Å². The quantitative estimate of drug-likeness (QED) is 0.268. The molecule has 0 radical (unpaired) electrons. The molecule has 0 bridgehead atoms. The number of carbonyl (C=O) groups excluding carboxylic acids is 2. The van der Waals surface area contributed by atoms with Gasteiger partial charge in [-0.2, -0.15) is 0 Å². The highest BCUT2D eigenvalue weighted by Gasteiger charge is 2.41. The van der Waals surface area contributed by atoms with Crippen molar-refractivity contribution in [3.63, 3.8) is 0 Å². The van der Waals surface area contributed by atoms with Gasteiger partial charge >= 0.3 is 5.97 Å². The molecular formula is C26H24O5. The van der Waals surface area contributed by atoms with Crippen molar-refractivity contribution < 1.29 is 24.2 Å². The number of esters is 1. The molecule has 1 aliphatic heterocycles. The van der Waals surface area contributed by atoms with Gasteiger partial charge in [-0.3, -0.25) is 4.79 Å². The van der Waals surface area contributed by atoms with Crippen molar-refractivity contribution in [2.75, 3.05) is 7.11 Å². The largest absolute Gasteiger partial charge is 0.511 e. The van der Waals surface area contributed by atoms with Crippen molar-refractivity contribution in [3.05, 3.63) is 89.2 Å². The third-order valence-corrected chi connectivity index (χ3v) is 5.77. The normalized spacial score (nSPS) is 18.7. The van der Waals surface area contributed by atoms with Gasteiger partial charge in [0.05, 0.1) is 7.11 Å². The Labute approximate surface area is 180 Å². The Balaban J connectivity index is 1.55. The molecule has 1 N–H and O–H groups in total. The third kappa shape index (κ3) is 4.17. The van der Waals surface area contributed by atoms with Crippen molar-refractivity contribution in [1.29, 1.82) is 0 Å². The standard InChI is InChI=1S/C26H24O5/c1-16(18-9-10-20-15-21(30-2)12-11-19(20)14-18)24(27)23-25(28)22(31-26(23)29)13-8-17-6-4-3-5-7-17/h3-7,9-12,14-16,22,27H,8,13H2,1-2H3/t16-,22?/m0/s1. The maximum Gasteiger partial charge on any atom is 0.346 e. The van der Waals surface area contributed by atoms with Crippen molar-refractivity contribution in [1.82, 2.24) is 0 Å². The van der Waals surface area contributed by atoms with Gasteiger partial charge in [0.15, 0.2) is 6.10 Å². The molecule has 1 fully saturated rings. The minimum absolute atomic E-state index is 0.236. The number of cyclic esters (lactones) is 1. The number of methoxy groups -OCH3 is 1. The predicted octanol–water partition coefficient (Wildman–Crippen LogP) is 4.89. The fourth-order valence-corrected chi connectivity index (χ4v) is 3.88. The van der Waals surface area contributed by atoms with Gasteiger partial charge in [0, 0.05) is 5.92 Å². The number of allylic oxidation sites excluding steroid dienone is 1. The van der Waals surface area contributed by atoms with E-state index in [4.69, 9.17) is 9.47 Å². The minimum Gasteiger partial charge on any atom is -0.511 e. The fraction of sp³-hybridized carbons (Fsp3) is 0.231. The lowest BCUT2D eigenvalue weighted by atomic mass is 9.92. The number of aryl methyl sites for hydroxylation is 1. The summed E-state index contributed by atoms with van der Waals surface area (Å²) >= 11 is 0.